The standard InChI is InChI=1S/C22H32O3/c1-6-22(7-2)20(25-22)11-8-16(3)12-13-23-18-10-9-17-15-21(4,5)24-19(17)14-18/h9-10,12,14,20H,6-8,11,13,15H2,1-5H3. The second-order valence-electron chi connectivity index (χ2n) is 8.09. The van der Waals surface area contributed by atoms with Crippen LogP contribution in [0.4, 0.5) is 0 Å². The summed E-state index contributed by atoms with van der Waals surface area (Å²) in [6.45, 7) is 11.5. The average molecular weight is 344 g/mol. The number of rotatable bonds is 8. The minimum Gasteiger partial charge on any atom is -0.489 e. The van der Waals surface area contributed by atoms with Crippen molar-refractivity contribution in [3.8, 4) is 11.5 Å². The largest absolute Gasteiger partial charge is 0.489 e. The van der Waals surface area contributed by atoms with Crippen LogP contribution in [-0.4, -0.2) is 23.9 Å². The highest BCUT2D eigenvalue weighted by Gasteiger charge is 2.52. The summed E-state index contributed by atoms with van der Waals surface area (Å²) in [5.41, 5.74) is 2.71. The van der Waals surface area contributed by atoms with E-state index in [2.05, 4.69) is 46.8 Å². The van der Waals surface area contributed by atoms with E-state index in [1.807, 2.05) is 12.1 Å². The summed E-state index contributed by atoms with van der Waals surface area (Å²) in [5.74, 6) is 1.84. The molecule has 0 saturated carbocycles. The lowest BCUT2D eigenvalue weighted by molar-refractivity contribution is 0.138. The number of benzene rings is 1. The maximum absolute atomic E-state index is 5.97. The van der Waals surface area contributed by atoms with Crippen molar-refractivity contribution in [1.82, 2.24) is 0 Å². The molecule has 0 aromatic heterocycles. The monoisotopic (exact) mass is 344 g/mol. The molecule has 2 heterocycles. The molecule has 1 saturated heterocycles. The van der Waals surface area contributed by atoms with E-state index in [0.717, 1.165) is 43.6 Å². The van der Waals surface area contributed by atoms with Gasteiger partial charge in [-0.05, 0) is 64.2 Å². The van der Waals surface area contributed by atoms with Gasteiger partial charge in [-0.25, -0.2) is 0 Å². The highest BCUT2D eigenvalue weighted by molar-refractivity contribution is 5.44. The zero-order valence-electron chi connectivity index (χ0n) is 16.4. The van der Waals surface area contributed by atoms with Gasteiger partial charge >= 0.3 is 0 Å². The van der Waals surface area contributed by atoms with Gasteiger partial charge in [0.05, 0.1) is 11.7 Å². The van der Waals surface area contributed by atoms with Crippen LogP contribution in [0.3, 0.4) is 0 Å². The van der Waals surface area contributed by atoms with E-state index in [1.54, 1.807) is 0 Å². The molecule has 1 fully saturated rings. The molecule has 1 aromatic rings. The van der Waals surface area contributed by atoms with Gasteiger partial charge in [0.15, 0.2) is 0 Å². The van der Waals surface area contributed by atoms with Crippen LogP contribution in [0.25, 0.3) is 0 Å². The van der Waals surface area contributed by atoms with Gasteiger partial charge in [0, 0.05) is 12.5 Å². The highest BCUT2D eigenvalue weighted by atomic mass is 16.6. The molecule has 1 atom stereocenters. The van der Waals surface area contributed by atoms with Crippen molar-refractivity contribution in [2.45, 2.75) is 84.0 Å². The van der Waals surface area contributed by atoms with Gasteiger partial charge in [-0.1, -0.05) is 25.5 Å². The first-order chi connectivity index (χ1) is 11.9. The molecule has 0 amide bonds. The summed E-state index contributed by atoms with van der Waals surface area (Å²) >= 11 is 0. The molecule has 0 aliphatic carbocycles. The van der Waals surface area contributed by atoms with Gasteiger partial charge in [0.2, 0.25) is 0 Å². The molecule has 1 aromatic carbocycles. The van der Waals surface area contributed by atoms with E-state index >= 15 is 0 Å². The molecule has 0 bridgehead atoms. The first-order valence-corrected chi connectivity index (χ1v) is 9.65. The lowest BCUT2D eigenvalue weighted by Crippen LogP contribution is -2.24. The van der Waals surface area contributed by atoms with Gasteiger partial charge in [-0.2, -0.15) is 0 Å². The SMILES string of the molecule is CCC1(CC)OC1CCC(C)=CCOc1ccc2c(c1)OC(C)(C)C2. The number of fused-ring (bicyclic) bond motifs is 1. The Morgan fingerprint density at radius 2 is 2.04 bits per heavy atom. The quantitative estimate of drug-likeness (QED) is 0.463. The van der Waals surface area contributed by atoms with Crippen molar-refractivity contribution in [2.75, 3.05) is 6.61 Å². The van der Waals surface area contributed by atoms with Crippen molar-refractivity contribution in [3.63, 3.8) is 0 Å². The fourth-order valence-corrected chi connectivity index (χ4v) is 3.84. The Morgan fingerprint density at radius 3 is 2.72 bits per heavy atom. The highest BCUT2D eigenvalue weighted by Crippen LogP contribution is 2.45. The first kappa shape index (κ1) is 18.3. The zero-order chi connectivity index (χ0) is 18.1. The maximum Gasteiger partial charge on any atom is 0.127 e. The molecule has 25 heavy (non-hydrogen) atoms. The van der Waals surface area contributed by atoms with Gasteiger partial charge in [0.25, 0.3) is 0 Å². The van der Waals surface area contributed by atoms with Gasteiger partial charge < -0.3 is 14.2 Å². The van der Waals surface area contributed by atoms with Crippen molar-refractivity contribution in [2.24, 2.45) is 0 Å². The minimum atomic E-state index is -0.103. The Morgan fingerprint density at radius 1 is 1.28 bits per heavy atom. The van der Waals surface area contributed by atoms with Crippen LogP contribution in [0.1, 0.15) is 65.9 Å². The molecule has 3 rings (SSSR count). The van der Waals surface area contributed by atoms with Crippen molar-refractivity contribution >= 4 is 0 Å². The van der Waals surface area contributed by atoms with E-state index in [9.17, 15) is 0 Å². The summed E-state index contributed by atoms with van der Waals surface area (Å²) in [5, 5.41) is 0. The number of epoxide rings is 1. The lowest BCUT2D eigenvalue weighted by Gasteiger charge is -2.16. The number of allylic oxidation sites excluding steroid dienone is 1. The molecule has 3 nitrogen and oxygen atoms in total. The topological polar surface area (TPSA) is 31.0 Å². The summed E-state index contributed by atoms with van der Waals surface area (Å²) in [4.78, 5) is 0. The number of ether oxygens (including phenoxy) is 3. The van der Waals surface area contributed by atoms with Crippen molar-refractivity contribution in [1.29, 1.82) is 0 Å². The summed E-state index contributed by atoms with van der Waals surface area (Å²) < 4.78 is 17.8. The van der Waals surface area contributed by atoms with Crippen LogP contribution in [0.5, 0.6) is 11.5 Å². The summed E-state index contributed by atoms with van der Waals surface area (Å²) in [6, 6.07) is 6.18. The van der Waals surface area contributed by atoms with Gasteiger partial charge in [-0.15, -0.1) is 0 Å². The van der Waals surface area contributed by atoms with E-state index in [-0.39, 0.29) is 11.2 Å². The zero-order valence-corrected chi connectivity index (χ0v) is 16.4. The van der Waals surface area contributed by atoms with Crippen molar-refractivity contribution < 1.29 is 14.2 Å². The van der Waals surface area contributed by atoms with Crippen LogP contribution in [0, 0.1) is 0 Å². The third-order valence-electron chi connectivity index (χ3n) is 5.63. The predicted octanol–water partition coefficient (Wildman–Crippen LogP) is 5.46. The lowest BCUT2D eigenvalue weighted by atomic mass is 9.95. The molecule has 0 N–H and O–H groups in total. The van der Waals surface area contributed by atoms with Crippen LogP contribution in [-0.2, 0) is 11.2 Å². The van der Waals surface area contributed by atoms with Crippen molar-refractivity contribution in [3.05, 3.63) is 35.4 Å². The van der Waals surface area contributed by atoms with Gasteiger partial charge in [-0.3, -0.25) is 0 Å². The molecule has 138 valence electrons. The molecule has 1 unspecified atom stereocenters. The molecule has 2 aliphatic heterocycles. The second-order valence-corrected chi connectivity index (χ2v) is 8.09. The van der Waals surface area contributed by atoms with Crippen LogP contribution < -0.4 is 9.47 Å². The summed E-state index contributed by atoms with van der Waals surface area (Å²) in [6.07, 6.45) is 8.03. The molecule has 2 aliphatic rings. The minimum absolute atomic E-state index is 0.103. The number of hydrogen-bond donors (Lipinski definition) is 0. The van der Waals surface area contributed by atoms with Crippen LogP contribution in [0.15, 0.2) is 29.8 Å². The Kier molecular flexibility index (Phi) is 5.15. The van der Waals surface area contributed by atoms with Gasteiger partial charge in [0.1, 0.15) is 23.7 Å². The Bertz CT molecular complexity index is 641. The average Bonchev–Trinajstić information content (AvgIpc) is 3.20. The fourth-order valence-electron chi connectivity index (χ4n) is 3.84. The summed E-state index contributed by atoms with van der Waals surface area (Å²) in [7, 11) is 0. The molecule has 0 spiro atoms. The maximum atomic E-state index is 5.97. The molecule has 3 heteroatoms. The predicted molar refractivity (Wildman–Crippen MR) is 102 cm³/mol. The van der Waals surface area contributed by atoms with E-state index in [4.69, 9.17) is 14.2 Å². The number of hydrogen-bond acceptors (Lipinski definition) is 3. The molecular weight excluding hydrogens is 312 g/mol. The third kappa shape index (κ3) is 4.20. The molecular formula is C22H32O3. The second kappa shape index (κ2) is 7.03. The Labute approximate surface area is 152 Å². The Balaban J connectivity index is 1.44. The first-order valence-electron chi connectivity index (χ1n) is 9.65. The van der Waals surface area contributed by atoms with Crippen LogP contribution in [0.2, 0.25) is 0 Å². The third-order valence-corrected chi connectivity index (χ3v) is 5.63. The van der Waals surface area contributed by atoms with E-state index in [1.165, 1.54) is 11.1 Å². The van der Waals surface area contributed by atoms with E-state index < -0.39 is 0 Å². The van der Waals surface area contributed by atoms with Crippen LogP contribution >= 0.6 is 0 Å². The fraction of sp³-hybridized carbons (Fsp3) is 0.636. The smallest absolute Gasteiger partial charge is 0.127 e. The molecule has 0 radical (unpaired) electrons. The normalized spacial score (nSPS) is 23.1. The Hall–Kier alpha value is -1.48. The van der Waals surface area contributed by atoms with E-state index in [0.29, 0.717) is 12.7 Å².